The zero-order chi connectivity index (χ0) is 16.4. The molecule has 136 valence electrons. The average molecular weight is 335 g/mol. The molecule has 3 saturated heterocycles. The van der Waals surface area contributed by atoms with Crippen molar-refractivity contribution in [2.45, 2.75) is 69.4 Å². The summed E-state index contributed by atoms with van der Waals surface area (Å²) in [5.41, 5.74) is 0.0820. The molecule has 0 bridgehead atoms. The third-order valence-corrected chi connectivity index (χ3v) is 6.93. The summed E-state index contributed by atoms with van der Waals surface area (Å²) in [6.07, 6.45) is 10.6. The molecule has 3 heterocycles. The maximum Gasteiger partial charge on any atom is 0.317 e. The Balaban J connectivity index is 1.24. The zero-order valence-corrected chi connectivity index (χ0v) is 14.9. The molecule has 3 aliphatic heterocycles. The van der Waals surface area contributed by atoms with Crippen LogP contribution >= 0.6 is 0 Å². The van der Waals surface area contributed by atoms with Crippen molar-refractivity contribution >= 4 is 6.03 Å². The lowest BCUT2D eigenvalue weighted by molar-refractivity contribution is -0.0824. The molecule has 0 aromatic rings. The molecule has 24 heavy (non-hydrogen) atoms. The smallest absolute Gasteiger partial charge is 0.317 e. The molecule has 2 unspecified atom stereocenters. The van der Waals surface area contributed by atoms with Gasteiger partial charge in [-0.15, -0.1) is 0 Å². The number of rotatable bonds is 2. The van der Waals surface area contributed by atoms with Crippen molar-refractivity contribution in [1.29, 1.82) is 0 Å². The molecule has 4 fully saturated rings. The summed E-state index contributed by atoms with van der Waals surface area (Å²) in [6, 6.07) is 0.471. The molecule has 2 N–H and O–H groups in total. The van der Waals surface area contributed by atoms with Gasteiger partial charge in [-0.3, -0.25) is 0 Å². The Hall–Kier alpha value is -0.810. The first-order valence-electron chi connectivity index (χ1n) is 10.1. The number of nitrogens with zero attached hydrogens (tertiary/aromatic N) is 1. The highest BCUT2D eigenvalue weighted by Crippen LogP contribution is 2.40. The molecule has 4 aliphatic rings. The molecule has 0 aromatic carbocycles. The van der Waals surface area contributed by atoms with Crippen LogP contribution < -0.4 is 10.6 Å². The average Bonchev–Trinajstić information content (AvgIpc) is 3.28. The Kier molecular flexibility index (Phi) is 5.00. The van der Waals surface area contributed by atoms with Crippen LogP contribution in [0.15, 0.2) is 0 Å². The fourth-order valence-electron chi connectivity index (χ4n) is 5.44. The summed E-state index contributed by atoms with van der Waals surface area (Å²) in [5, 5.41) is 6.80. The standard InChI is InChI=1S/C19H33N3O2/c23-18(21-17-6-12-24-19(13-17)7-1-2-8-19)22-10-4-15(5-11-22)16-3-9-20-14-16/h15-17,20H,1-14H2,(H,21,23). The zero-order valence-electron chi connectivity index (χ0n) is 14.9. The van der Waals surface area contributed by atoms with Crippen molar-refractivity contribution in [1.82, 2.24) is 15.5 Å². The van der Waals surface area contributed by atoms with Gasteiger partial charge in [0.1, 0.15) is 0 Å². The number of hydrogen-bond acceptors (Lipinski definition) is 3. The Bertz CT molecular complexity index is 436. The van der Waals surface area contributed by atoms with Crippen LogP contribution in [0.1, 0.15) is 57.8 Å². The summed E-state index contributed by atoms with van der Waals surface area (Å²) >= 11 is 0. The largest absolute Gasteiger partial charge is 0.375 e. The van der Waals surface area contributed by atoms with E-state index in [2.05, 4.69) is 15.5 Å². The van der Waals surface area contributed by atoms with E-state index in [0.29, 0.717) is 6.04 Å². The summed E-state index contributed by atoms with van der Waals surface area (Å²) < 4.78 is 6.08. The van der Waals surface area contributed by atoms with E-state index in [1.54, 1.807) is 0 Å². The number of carbonyl (C=O) groups is 1. The van der Waals surface area contributed by atoms with E-state index < -0.39 is 0 Å². The topological polar surface area (TPSA) is 53.6 Å². The monoisotopic (exact) mass is 335 g/mol. The molecule has 5 nitrogen and oxygen atoms in total. The Morgan fingerprint density at radius 1 is 1.08 bits per heavy atom. The lowest BCUT2D eigenvalue weighted by Gasteiger charge is -2.40. The summed E-state index contributed by atoms with van der Waals surface area (Å²) in [7, 11) is 0. The quantitative estimate of drug-likeness (QED) is 0.815. The lowest BCUT2D eigenvalue weighted by Crippen LogP contribution is -2.52. The predicted octanol–water partition coefficient (Wildman–Crippen LogP) is 2.51. The maximum absolute atomic E-state index is 12.7. The number of likely N-dealkylation sites (tertiary alicyclic amines) is 1. The Morgan fingerprint density at radius 3 is 2.58 bits per heavy atom. The van der Waals surface area contributed by atoms with Crippen LogP contribution in [0.3, 0.4) is 0 Å². The summed E-state index contributed by atoms with van der Waals surface area (Å²) in [4.78, 5) is 14.7. The highest BCUT2D eigenvalue weighted by molar-refractivity contribution is 5.74. The van der Waals surface area contributed by atoms with Gasteiger partial charge in [-0.1, -0.05) is 12.8 Å². The summed E-state index contributed by atoms with van der Waals surface area (Å²) in [6.45, 7) is 5.03. The van der Waals surface area contributed by atoms with Crippen LogP contribution in [-0.4, -0.2) is 55.4 Å². The number of ether oxygens (including phenoxy) is 1. The van der Waals surface area contributed by atoms with E-state index in [4.69, 9.17) is 4.74 Å². The molecule has 2 amide bonds. The van der Waals surface area contributed by atoms with Crippen molar-refractivity contribution in [2.24, 2.45) is 11.8 Å². The van der Waals surface area contributed by atoms with Gasteiger partial charge in [-0.2, -0.15) is 0 Å². The number of carbonyl (C=O) groups excluding carboxylic acids is 1. The van der Waals surface area contributed by atoms with E-state index in [1.807, 2.05) is 0 Å². The highest BCUT2D eigenvalue weighted by Gasteiger charge is 2.40. The first-order valence-corrected chi connectivity index (χ1v) is 10.1. The minimum absolute atomic E-state index is 0.0820. The van der Waals surface area contributed by atoms with E-state index in [-0.39, 0.29) is 11.6 Å². The predicted molar refractivity (Wildman–Crippen MR) is 94.0 cm³/mol. The molecule has 4 rings (SSSR count). The molecule has 1 saturated carbocycles. The molecular weight excluding hydrogens is 302 g/mol. The number of urea groups is 1. The van der Waals surface area contributed by atoms with Gasteiger partial charge in [-0.05, 0) is 69.9 Å². The lowest BCUT2D eigenvalue weighted by atomic mass is 9.84. The molecule has 1 spiro atoms. The molecule has 2 atom stereocenters. The number of hydrogen-bond donors (Lipinski definition) is 2. The van der Waals surface area contributed by atoms with Crippen LogP contribution in [-0.2, 0) is 4.74 Å². The number of nitrogens with one attached hydrogen (secondary N) is 2. The van der Waals surface area contributed by atoms with Crippen molar-refractivity contribution in [2.75, 3.05) is 32.8 Å². The third kappa shape index (κ3) is 3.57. The van der Waals surface area contributed by atoms with Crippen LogP contribution in [0.2, 0.25) is 0 Å². The second-order valence-corrected chi connectivity index (χ2v) is 8.46. The van der Waals surface area contributed by atoms with Gasteiger partial charge in [0.05, 0.1) is 5.60 Å². The van der Waals surface area contributed by atoms with Crippen LogP contribution in [0.4, 0.5) is 4.79 Å². The maximum atomic E-state index is 12.7. The van der Waals surface area contributed by atoms with Gasteiger partial charge < -0.3 is 20.3 Å². The number of piperidine rings is 1. The van der Waals surface area contributed by atoms with Crippen molar-refractivity contribution in [3.8, 4) is 0 Å². The fourth-order valence-corrected chi connectivity index (χ4v) is 5.44. The third-order valence-electron chi connectivity index (χ3n) is 6.93. The second-order valence-electron chi connectivity index (χ2n) is 8.46. The normalized spacial score (nSPS) is 33.9. The van der Waals surface area contributed by atoms with E-state index in [1.165, 1.54) is 58.0 Å². The molecule has 5 heteroatoms. The first-order chi connectivity index (χ1) is 11.7. The SMILES string of the molecule is O=C(NC1CCOC2(CCCC2)C1)N1CCC(C2CCNC2)CC1. The van der Waals surface area contributed by atoms with Gasteiger partial charge >= 0.3 is 6.03 Å². The van der Waals surface area contributed by atoms with Crippen LogP contribution in [0.25, 0.3) is 0 Å². The summed E-state index contributed by atoms with van der Waals surface area (Å²) in [5.74, 6) is 1.65. The van der Waals surface area contributed by atoms with Gasteiger partial charge in [0.15, 0.2) is 0 Å². The minimum Gasteiger partial charge on any atom is -0.375 e. The molecule has 0 aromatic heterocycles. The van der Waals surface area contributed by atoms with Crippen LogP contribution in [0, 0.1) is 11.8 Å². The highest BCUT2D eigenvalue weighted by atomic mass is 16.5. The van der Waals surface area contributed by atoms with E-state index in [0.717, 1.165) is 44.4 Å². The molecule has 0 radical (unpaired) electrons. The van der Waals surface area contributed by atoms with Crippen molar-refractivity contribution in [3.63, 3.8) is 0 Å². The van der Waals surface area contributed by atoms with Gasteiger partial charge in [0, 0.05) is 25.7 Å². The van der Waals surface area contributed by atoms with Crippen LogP contribution in [0.5, 0.6) is 0 Å². The van der Waals surface area contributed by atoms with Gasteiger partial charge in [-0.25, -0.2) is 4.79 Å². The van der Waals surface area contributed by atoms with Crippen molar-refractivity contribution < 1.29 is 9.53 Å². The van der Waals surface area contributed by atoms with E-state index in [9.17, 15) is 4.79 Å². The Labute approximate surface area is 145 Å². The van der Waals surface area contributed by atoms with Crippen molar-refractivity contribution in [3.05, 3.63) is 0 Å². The van der Waals surface area contributed by atoms with E-state index >= 15 is 0 Å². The van der Waals surface area contributed by atoms with Gasteiger partial charge in [0.2, 0.25) is 0 Å². The first kappa shape index (κ1) is 16.6. The fraction of sp³-hybridized carbons (Fsp3) is 0.947. The van der Waals surface area contributed by atoms with Gasteiger partial charge in [0.25, 0.3) is 0 Å². The minimum atomic E-state index is 0.0820. The second kappa shape index (κ2) is 7.20. The number of amides is 2. The molecule has 1 aliphatic carbocycles. The molecular formula is C19H33N3O2. The Morgan fingerprint density at radius 2 is 1.88 bits per heavy atom.